The van der Waals surface area contributed by atoms with Gasteiger partial charge in [-0.3, -0.25) is 14.2 Å². The van der Waals surface area contributed by atoms with E-state index in [1.807, 2.05) is 0 Å². The fourth-order valence-corrected chi connectivity index (χ4v) is 2.10. The van der Waals surface area contributed by atoms with Crippen LogP contribution in [0.25, 0.3) is 0 Å². The Morgan fingerprint density at radius 2 is 1.71 bits per heavy atom. The Morgan fingerprint density at radius 3 is 2.24 bits per heavy atom. The van der Waals surface area contributed by atoms with Gasteiger partial charge >= 0.3 is 19.5 Å². The van der Waals surface area contributed by atoms with Gasteiger partial charge in [-0.15, -0.1) is 0 Å². The van der Waals surface area contributed by atoms with Crippen LogP contribution < -0.4 is 5.73 Å². The number of rotatable bonds is 11. The standard InChI is InChI=1S/C12H24NO7P/c1-4-11(14)17-8-10(20-12(15)5-2)9-19-21(3,16)18-7-6-13/h10H,4-9,13H2,1-3H3. The molecule has 0 aromatic carbocycles. The van der Waals surface area contributed by atoms with Gasteiger partial charge in [0.15, 0.2) is 6.10 Å². The van der Waals surface area contributed by atoms with Crippen LogP contribution in [0, 0.1) is 0 Å². The van der Waals surface area contributed by atoms with Crippen LogP contribution >= 0.6 is 7.60 Å². The average molecular weight is 325 g/mol. The van der Waals surface area contributed by atoms with Crippen molar-refractivity contribution >= 4 is 19.5 Å². The smallest absolute Gasteiger partial charge is 0.327 e. The zero-order chi connectivity index (χ0) is 16.3. The lowest BCUT2D eigenvalue weighted by atomic mass is 10.4. The first-order chi connectivity index (χ1) is 9.84. The van der Waals surface area contributed by atoms with Crippen molar-refractivity contribution in [2.24, 2.45) is 5.73 Å². The maximum absolute atomic E-state index is 11.9. The van der Waals surface area contributed by atoms with Crippen molar-refractivity contribution in [3.8, 4) is 0 Å². The van der Waals surface area contributed by atoms with Crippen LogP contribution in [0.15, 0.2) is 0 Å². The molecule has 0 saturated heterocycles. The van der Waals surface area contributed by atoms with E-state index in [0.717, 1.165) is 0 Å². The molecule has 124 valence electrons. The Morgan fingerprint density at radius 1 is 1.10 bits per heavy atom. The van der Waals surface area contributed by atoms with E-state index in [9.17, 15) is 14.2 Å². The third-order valence-electron chi connectivity index (χ3n) is 2.24. The summed E-state index contributed by atoms with van der Waals surface area (Å²) in [5.74, 6) is -0.892. The van der Waals surface area contributed by atoms with Gasteiger partial charge in [-0.05, 0) is 0 Å². The largest absolute Gasteiger partial charge is 0.462 e. The van der Waals surface area contributed by atoms with E-state index >= 15 is 0 Å². The van der Waals surface area contributed by atoms with E-state index in [1.165, 1.54) is 6.66 Å². The SMILES string of the molecule is CCC(=O)OCC(COP(C)(=O)OCCN)OC(=O)CC. The van der Waals surface area contributed by atoms with Crippen LogP contribution in [0.2, 0.25) is 0 Å². The van der Waals surface area contributed by atoms with E-state index in [-0.39, 0.29) is 39.2 Å². The van der Waals surface area contributed by atoms with E-state index in [4.69, 9.17) is 24.3 Å². The second-order valence-electron chi connectivity index (χ2n) is 4.19. The molecule has 0 rings (SSSR count). The molecule has 0 aliphatic rings. The Balaban J connectivity index is 4.41. The number of hydrogen-bond donors (Lipinski definition) is 1. The van der Waals surface area contributed by atoms with Crippen molar-refractivity contribution in [2.45, 2.75) is 32.8 Å². The van der Waals surface area contributed by atoms with Gasteiger partial charge in [0.1, 0.15) is 6.61 Å². The van der Waals surface area contributed by atoms with E-state index in [1.54, 1.807) is 13.8 Å². The Kier molecular flexibility index (Phi) is 10.2. The lowest BCUT2D eigenvalue weighted by Crippen LogP contribution is -2.29. The van der Waals surface area contributed by atoms with E-state index in [2.05, 4.69) is 0 Å². The van der Waals surface area contributed by atoms with Crippen molar-refractivity contribution in [3.63, 3.8) is 0 Å². The summed E-state index contributed by atoms with van der Waals surface area (Å²) in [4.78, 5) is 22.4. The summed E-state index contributed by atoms with van der Waals surface area (Å²) in [7, 11) is -3.28. The quantitative estimate of drug-likeness (QED) is 0.443. The van der Waals surface area contributed by atoms with Gasteiger partial charge in [0.05, 0.1) is 13.2 Å². The molecule has 2 atom stereocenters. The van der Waals surface area contributed by atoms with Crippen LogP contribution in [0.3, 0.4) is 0 Å². The molecule has 0 aromatic heterocycles. The number of carbonyl (C=O) groups is 2. The summed E-state index contributed by atoms with van der Waals surface area (Å²) in [6.07, 6.45) is -0.449. The summed E-state index contributed by atoms with van der Waals surface area (Å²) in [6.45, 7) is 4.53. The lowest BCUT2D eigenvalue weighted by Gasteiger charge is -2.20. The monoisotopic (exact) mass is 325 g/mol. The molecule has 0 bridgehead atoms. The molecule has 0 aromatic rings. The third-order valence-corrected chi connectivity index (χ3v) is 3.51. The highest BCUT2D eigenvalue weighted by Crippen LogP contribution is 2.43. The molecule has 2 N–H and O–H groups in total. The first-order valence-electron chi connectivity index (χ1n) is 6.76. The molecule has 0 saturated carbocycles. The summed E-state index contributed by atoms with van der Waals surface area (Å²) in [5.41, 5.74) is 5.24. The molecule has 0 aliphatic carbocycles. The average Bonchev–Trinajstić information content (AvgIpc) is 2.47. The predicted octanol–water partition coefficient (Wildman–Crippen LogP) is 1.08. The van der Waals surface area contributed by atoms with Crippen LogP contribution in [0.1, 0.15) is 26.7 Å². The summed E-state index contributed by atoms with van der Waals surface area (Å²) < 4.78 is 31.9. The zero-order valence-corrected chi connectivity index (χ0v) is 13.6. The van der Waals surface area contributed by atoms with E-state index < -0.39 is 25.6 Å². The zero-order valence-electron chi connectivity index (χ0n) is 12.7. The first-order valence-corrected chi connectivity index (χ1v) is 8.75. The summed E-state index contributed by atoms with van der Waals surface area (Å²) in [6, 6.07) is 0. The number of ether oxygens (including phenoxy) is 2. The molecule has 2 unspecified atom stereocenters. The Bertz CT molecular complexity index is 375. The van der Waals surface area contributed by atoms with Crippen molar-refractivity contribution in [2.75, 3.05) is 33.0 Å². The van der Waals surface area contributed by atoms with Crippen LogP contribution in [-0.2, 0) is 32.7 Å². The first kappa shape index (κ1) is 20.1. The molecule has 0 fully saturated rings. The molecule has 0 aliphatic heterocycles. The van der Waals surface area contributed by atoms with Gasteiger partial charge < -0.3 is 24.3 Å². The van der Waals surface area contributed by atoms with Crippen molar-refractivity contribution < 1.29 is 32.7 Å². The maximum Gasteiger partial charge on any atom is 0.327 e. The number of nitrogens with two attached hydrogens (primary N) is 1. The lowest BCUT2D eigenvalue weighted by molar-refractivity contribution is -0.160. The van der Waals surface area contributed by atoms with Crippen molar-refractivity contribution in [3.05, 3.63) is 0 Å². The fraction of sp³-hybridized carbons (Fsp3) is 0.833. The highest BCUT2D eigenvalue weighted by atomic mass is 31.2. The molecule has 8 nitrogen and oxygen atoms in total. The van der Waals surface area contributed by atoms with E-state index in [0.29, 0.717) is 0 Å². The molecular formula is C12H24NO7P. The van der Waals surface area contributed by atoms with Crippen molar-refractivity contribution in [1.29, 1.82) is 0 Å². The van der Waals surface area contributed by atoms with Crippen molar-refractivity contribution in [1.82, 2.24) is 0 Å². The van der Waals surface area contributed by atoms with Gasteiger partial charge in [-0.25, -0.2) is 0 Å². The topological polar surface area (TPSA) is 114 Å². The molecular weight excluding hydrogens is 301 g/mol. The van der Waals surface area contributed by atoms with Crippen LogP contribution in [-0.4, -0.2) is 51.1 Å². The molecule has 0 heterocycles. The van der Waals surface area contributed by atoms with Gasteiger partial charge in [0.25, 0.3) is 0 Å². The molecule has 9 heteroatoms. The molecule has 21 heavy (non-hydrogen) atoms. The number of carbonyl (C=O) groups excluding carboxylic acids is 2. The minimum absolute atomic E-state index is 0.0953. The number of esters is 2. The highest BCUT2D eigenvalue weighted by molar-refractivity contribution is 7.52. The third kappa shape index (κ3) is 10.4. The highest BCUT2D eigenvalue weighted by Gasteiger charge is 2.23. The van der Waals surface area contributed by atoms with Gasteiger partial charge in [-0.1, -0.05) is 13.8 Å². The van der Waals surface area contributed by atoms with Gasteiger partial charge in [0, 0.05) is 26.1 Å². The van der Waals surface area contributed by atoms with Gasteiger partial charge in [-0.2, -0.15) is 0 Å². The predicted molar refractivity (Wildman–Crippen MR) is 75.9 cm³/mol. The van der Waals surface area contributed by atoms with Crippen LogP contribution in [0.5, 0.6) is 0 Å². The minimum atomic E-state index is -3.28. The summed E-state index contributed by atoms with van der Waals surface area (Å²) >= 11 is 0. The molecule has 0 amide bonds. The fourth-order valence-electron chi connectivity index (χ4n) is 1.15. The maximum atomic E-state index is 11.9. The van der Waals surface area contributed by atoms with Gasteiger partial charge in [0.2, 0.25) is 0 Å². The molecule has 0 radical (unpaired) electrons. The second-order valence-corrected chi connectivity index (χ2v) is 6.25. The normalized spacial score (nSPS) is 15.0. The second kappa shape index (κ2) is 10.7. The molecule has 0 spiro atoms. The Hall–Kier alpha value is -0.950. The summed E-state index contributed by atoms with van der Waals surface area (Å²) in [5, 5.41) is 0. The van der Waals surface area contributed by atoms with Crippen LogP contribution in [0.4, 0.5) is 0 Å². The minimum Gasteiger partial charge on any atom is -0.462 e. The Labute approximate surface area is 124 Å². The number of hydrogen-bond acceptors (Lipinski definition) is 8.